The van der Waals surface area contributed by atoms with Gasteiger partial charge in [-0.25, -0.2) is 0 Å². The van der Waals surface area contributed by atoms with Gasteiger partial charge in [-0.2, -0.15) is 0 Å². The monoisotopic (exact) mass is 259 g/mol. The predicted octanol–water partition coefficient (Wildman–Crippen LogP) is 3.47. The van der Waals surface area contributed by atoms with Crippen molar-refractivity contribution in [2.75, 3.05) is 13.2 Å². The smallest absolute Gasteiger partial charge is 0.0830 e. The molecule has 3 unspecified atom stereocenters. The molecular formula is C17H25NO. The number of rotatable bonds is 4. The van der Waals surface area contributed by atoms with Crippen LogP contribution < -0.4 is 5.32 Å². The molecule has 2 heteroatoms. The van der Waals surface area contributed by atoms with Crippen molar-refractivity contribution in [3.05, 3.63) is 35.4 Å². The fourth-order valence-electron chi connectivity index (χ4n) is 3.74. The van der Waals surface area contributed by atoms with Crippen molar-refractivity contribution in [3.63, 3.8) is 0 Å². The number of hydrogen-bond donors (Lipinski definition) is 1. The maximum atomic E-state index is 6.04. The van der Waals surface area contributed by atoms with E-state index in [9.17, 15) is 0 Å². The van der Waals surface area contributed by atoms with Gasteiger partial charge < -0.3 is 10.1 Å². The number of nitrogens with one attached hydrogen (secondary N) is 1. The molecule has 1 saturated carbocycles. The third-order valence-corrected chi connectivity index (χ3v) is 4.67. The fourth-order valence-corrected chi connectivity index (χ4v) is 3.74. The second-order valence-electron chi connectivity index (χ2n) is 5.98. The topological polar surface area (TPSA) is 21.3 Å². The van der Waals surface area contributed by atoms with Crippen molar-refractivity contribution in [2.24, 2.45) is 5.92 Å². The van der Waals surface area contributed by atoms with E-state index in [2.05, 4.69) is 36.5 Å². The van der Waals surface area contributed by atoms with Gasteiger partial charge in [0.05, 0.1) is 12.7 Å². The molecule has 1 aromatic rings. The quantitative estimate of drug-likeness (QED) is 0.894. The minimum Gasteiger partial charge on any atom is -0.373 e. The van der Waals surface area contributed by atoms with Crippen molar-refractivity contribution in [3.8, 4) is 0 Å². The highest BCUT2D eigenvalue weighted by molar-refractivity contribution is 5.30. The van der Waals surface area contributed by atoms with Crippen LogP contribution in [-0.2, 0) is 11.2 Å². The van der Waals surface area contributed by atoms with Crippen LogP contribution in [0.4, 0.5) is 0 Å². The third kappa shape index (κ3) is 3.01. The van der Waals surface area contributed by atoms with E-state index in [1.165, 1.54) is 36.8 Å². The van der Waals surface area contributed by atoms with Crippen LogP contribution in [0.5, 0.6) is 0 Å². The van der Waals surface area contributed by atoms with Gasteiger partial charge in [-0.1, -0.05) is 31.2 Å². The summed E-state index contributed by atoms with van der Waals surface area (Å²) in [6, 6.07) is 9.57. The molecule has 0 radical (unpaired) electrons. The molecule has 0 amide bonds. The molecule has 0 bridgehead atoms. The first-order chi connectivity index (χ1) is 9.36. The van der Waals surface area contributed by atoms with E-state index in [-0.39, 0.29) is 0 Å². The maximum absolute atomic E-state index is 6.04. The van der Waals surface area contributed by atoms with Gasteiger partial charge in [-0.3, -0.25) is 0 Å². The number of benzene rings is 1. The summed E-state index contributed by atoms with van der Waals surface area (Å²) < 4.78 is 6.04. The summed E-state index contributed by atoms with van der Waals surface area (Å²) in [7, 11) is 0. The number of fused-ring (bicyclic) bond motifs is 1. The Morgan fingerprint density at radius 3 is 3.05 bits per heavy atom. The van der Waals surface area contributed by atoms with Crippen LogP contribution in [-0.4, -0.2) is 19.2 Å². The average molecular weight is 259 g/mol. The second kappa shape index (κ2) is 6.06. The molecule has 0 spiro atoms. The standard InChI is InChI=1S/C17H25NO/c1-2-18-15-8-7-13(11-15)12-17-16-6-4-3-5-14(16)9-10-19-17/h3-6,13,15,17-18H,2,7-12H2,1H3. The first kappa shape index (κ1) is 13.1. The van der Waals surface area contributed by atoms with E-state index in [1.807, 2.05) is 0 Å². The summed E-state index contributed by atoms with van der Waals surface area (Å²) in [5.41, 5.74) is 2.95. The van der Waals surface area contributed by atoms with Crippen molar-refractivity contribution < 1.29 is 4.74 Å². The Kier molecular flexibility index (Phi) is 4.19. The van der Waals surface area contributed by atoms with Crippen LogP contribution in [0.2, 0.25) is 0 Å². The molecule has 3 atom stereocenters. The maximum Gasteiger partial charge on any atom is 0.0830 e. The van der Waals surface area contributed by atoms with Gasteiger partial charge in [0.15, 0.2) is 0 Å². The van der Waals surface area contributed by atoms with E-state index in [1.54, 1.807) is 0 Å². The van der Waals surface area contributed by atoms with Crippen molar-refractivity contribution in [1.82, 2.24) is 5.32 Å². The van der Waals surface area contributed by atoms with Gasteiger partial charge in [-0.15, -0.1) is 0 Å². The first-order valence-corrected chi connectivity index (χ1v) is 7.79. The molecule has 0 saturated heterocycles. The van der Waals surface area contributed by atoms with Crippen LogP contribution >= 0.6 is 0 Å². The molecule has 2 aliphatic rings. The normalized spacial score (nSPS) is 30.3. The Labute approximate surface area is 116 Å². The van der Waals surface area contributed by atoms with E-state index >= 15 is 0 Å². The number of ether oxygens (including phenoxy) is 1. The van der Waals surface area contributed by atoms with E-state index in [0.29, 0.717) is 6.10 Å². The Bertz CT molecular complexity index is 417. The molecule has 19 heavy (non-hydrogen) atoms. The van der Waals surface area contributed by atoms with Crippen LogP contribution in [0.15, 0.2) is 24.3 Å². The summed E-state index contributed by atoms with van der Waals surface area (Å²) in [5.74, 6) is 0.834. The number of hydrogen-bond acceptors (Lipinski definition) is 2. The van der Waals surface area contributed by atoms with Gasteiger partial charge in [0.25, 0.3) is 0 Å². The van der Waals surface area contributed by atoms with Gasteiger partial charge in [0.2, 0.25) is 0 Å². The van der Waals surface area contributed by atoms with E-state index < -0.39 is 0 Å². The third-order valence-electron chi connectivity index (χ3n) is 4.67. The lowest BCUT2D eigenvalue weighted by molar-refractivity contribution is 0.0256. The lowest BCUT2D eigenvalue weighted by atomic mass is 9.90. The SMILES string of the molecule is CCNC1CCC(CC2OCCc3ccccc32)C1. The van der Waals surface area contributed by atoms with Crippen molar-refractivity contribution in [1.29, 1.82) is 0 Å². The van der Waals surface area contributed by atoms with Crippen LogP contribution in [0.1, 0.15) is 49.8 Å². The zero-order valence-corrected chi connectivity index (χ0v) is 11.9. The summed E-state index contributed by atoms with van der Waals surface area (Å²) in [5, 5.41) is 3.59. The summed E-state index contributed by atoms with van der Waals surface area (Å²) in [6.07, 6.45) is 6.66. The Balaban J connectivity index is 1.62. The summed E-state index contributed by atoms with van der Waals surface area (Å²) >= 11 is 0. The van der Waals surface area contributed by atoms with E-state index in [0.717, 1.165) is 31.5 Å². The van der Waals surface area contributed by atoms with Crippen LogP contribution in [0, 0.1) is 5.92 Å². The molecule has 3 rings (SSSR count). The van der Waals surface area contributed by atoms with Crippen molar-refractivity contribution in [2.45, 2.75) is 51.2 Å². The molecular weight excluding hydrogens is 234 g/mol. The van der Waals surface area contributed by atoms with Crippen LogP contribution in [0.25, 0.3) is 0 Å². The highest BCUT2D eigenvalue weighted by Crippen LogP contribution is 2.37. The lowest BCUT2D eigenvalue weighted by Crippen LogP contribution is -2.26. The molecule has 1 aliphatic heterocycles. The Hall–Kier alpha value is -0.860. The Morgan fingerprint density at radius 2 is 2.16 bits per heavy atom. The van der Waals surface area contributed by atoms with Gasteiger partial charge in [-0.05, 0) is 55.7 Å². The first-order valence-electron chi connectivity index (χ1n) is 7.79. The lowest BCUT2D eigenvalue weighted by Gasteiger charge is -2.28. The van der Waals surface area contributed by atoms with Gasteiger partial charge in [0.1, 0.15) is 0 Å². The highest BCUT2D eigenvalue weighted by atomic mass is 16.5. The summed E-state index contributed by atoms with van der Waals surface area (Å²) in [4.78, 5) is 0. The van der Waals surface area contributed by atoms with Gasteiger partial charge in [0, 0.05) is 6.04 Å². The van der Waals surface area contributed by atoms with E-state index in [4.69, 9.17) is 4.74 Å². The molecule has 1 aliphatic carbocycles. The minimum atomic E-state index is 0.343. The zero-order chi connectivity index (χ0) is 13.1. The minimum absolute atomic E-state index is 0.343. The molecule has 104 valence electrons. The highest BCUT2D eigenvalue weighted by Gasteiger charge is 2.29. The molecule has 0 aromatic heterocycles. The van der Waals surface area contributed by atoms with Crippen LogP contribution in [0.3, 0.4) is 0 Å². The Morgan fingerprint density at radius 1 is 1.26 bits per heavy atom. The molecule has 1 aromatic carbocycles. The molecule has 2 nitrogen and oxygen atoms in total. The van der Waals surface area contributed by atoms with Gasteiger partial charge >= 0.3 is 0 Å². The zero-order valence-electron chi connectivity index (χ0n) is 11.9. The molecule has 1 N–H and O–H groups in total. The second-order valence-corrected chi connectivity index (χ2v) is 5.98. The fraction of sp³-hybridized carbons (Fsp3) is 0.647. The van der Waals surface area contributed by atoms with Crippen molar-refractivity contribution >= 4 is 0 Å². The molecule has 1 fully saturated rings. The predicted molar refractivity (Wildman–Crippen MR) is 78.3 cm³/mol. The average Bonchev–Trinajstić information content (AvgIpc) is 2.87. The summed E-state index contributed by atoms with van der Waals surface area (Å²) in [6.45, 7) is 4.19. The molecule has 1 heterocycles. The largest absolute Gasteiger partial charge is 0.373 e.